The number of benzene rings is 1. The van der Waals surface area contributed by atoms with Crippen molar-refractivity contribution in [3.63, 3.8) is 0 Å². The summed E-state index contributed by atoms with van der Waals surface area (Å²) in [6.07, 6.45) is 0. The standard InChI is InChI=1S/C10H8BrFN2O2/c1-15-10-5(11)2-3-6(12)9(10)7-4-8(13)16-14-7/h2-4H,13H2,1H3. The Balaban J connectivity index is 2.67. The molecule has 0 radical (unpaired) electrons. The highest BCUT2D eigenvalue weighted by Gasteiger charge is 2.18. The molecule has 1 heterocycles. The Kier molecular flexibility index (Phi) is 2.82. The molecule has 84 valence electrons. The highest BCUT2D eigenvalue weighted by molar-refractivity contribution is 9.10. The lowest BCUT2D eigenvalue weighted by molar-refractivity contribution is 0.408. The van der Waals surface area contributed by atoms with E-state index in [0.717, 1.165) is 0 Å². The van der Waals surface area contributed by atoms with Crippen molar-refractivity contribution in [2.45, 2.75) is 0 Å². The van der Waals surface area contributed by atoms with Crippen LogP contribution in [0.1, 0.15) is 0 Å². The molecule has 0 atom stereocenters. The molecule has 0 aliphatic heterocycles. The lowest BCUT2D eigenvalue weighted by Crippen LogP contribution is -1.93. The van der Waals surface area contributed by atoms with Gasteiger partial charge in [0.15, 0.2) is 0 Å². The summed E-state index contributed by atoms with van der Waals surface area (Å²) in [6, 6.07) is 4.31. The molecule has 0 bridgehead atoms. The average Bonchev–Trinajstić information content (AvgIpc) is 2.67. The van der Waals surface area contributed by atoms with Crippen molar-refractivity contribution in [2.75, 3.05) is 12.8 Å². The molecule has 6 heteroatoms. The summed E-state index contributed by atoms with van der Waals surface area (Å²) in [5, 5.41) is 3.66. The molecule has 1 aromatic heterocycles. The van der Waals surface area contributed by atoms with Gasteiger partial charge in [0.05, 0.1) is 17.1 Å². The van der Waals surface area contributed by atoms with E-state index in [4.69, 9.17) is 15.0 Å². The van der Waals surface area contributed by atoms with Gasteiger partial charge in [-0.3, -0.25) is 0 Å². The molecule has 16 heavy (non-hydrogen) atoms. The number of halogens is 2. The number of nitrogens with two attached hydrogens (primary N) is 1. The van der Waals surface area contributed by atoms with Gasteiger partial charge in [-0.2, -0.15) is 0 Å². The summed E-state index contributed by atoms with van der Waals surface area (Å²) in [4.78, 5) is 0. The van der Waals surface area contributed by atoms with E-state index in [1.165, 1.54) is 19.2 Å². The monoisotopic (exact) mass is 286 g/mol. The lowest BCUT2D eigenvalue weighted by atomic mass is 10.1. The Morgan fingerprint density at radius 3 is 2.81 bits per heavy atom. The Labute approximate surface area is 99.3 Å². The third-order valence-corrected chi connectivity index (χ3v) is 2.67. The molecule has 0 saturated carbocycles. The van der Waals surface area contributed by atoms with Crippen molar-refractivity contribution in [3.05, 3.63) is 28.5 Å². The highest BCUT2D eigenvalue weighted by atomic mass is 79.9. The van der Waals surface area contributed by atoms with Crippen LogP contribution >= 0.6 is 15.9 Å². The normalized spacial score (nSPS) is 10.4. The molecule has 2 N–H and O–H groups in total. The van der Waals surface area contributed by atoms with Gasteiger partial charge < -0.3 is 15.0 Å². The summed E-state index contributed by atoms with van der Waals surface area (Å²) in [6.45, 7) is 0. The first-order valence-corrected chi connectivity index (χ1v) is 5.17. The molecule has 0 fully saturated rings. The second-order valence-corrected chi connectivity index (χ2v) is 3.91. The zero-order valence-corrected chi connectivity index (χ0v) is 9.92. The fourth-order valence-electron chi connectivity index (χ4n) is 1.38. The van der Waals surface area contributed by atoms with Gasteiger partial charge in [-0.15, -0.1) is 0 Å². The summed E-state index contributed by atoms with van der Waals surface area (Å²) < 4.78 is 24.1. The number of nitrogens with zero attached hydrogens (tertiary/aromatic N) is 1. The molecule has 0 unspecified atom stereocenters. The van der Waals surface area contributed by atoms with Crippen LogP contribution in [0.3, 0.4) is 0 Å². The zero-order valence-electron chi connectivity index (χ0n) is 8.33. The number of rotatable bonds is 2. The largest absolute Gasteiger partial charge is 0.495 e. The third kappa shape index (κ3) is 1.76. The highest BCUT2D eigenvalue weighted by Crippen LogP contribution is 2.38. The first kappa shape index (κ1) is 10.9. The van der Waals surface area contributed by atoms with Gasteiger partial charge >= 0.3 is 0 Å². The molecular weight excluding hydrogens is 279 g/mol. The van der Waals surface area contributed by atoms with E-state index in [0.29, 0.717) is 15.9 Å². The van der Waals surface area contributed by atoms with Crippen molar-refractivity contribution in [3.8, 4) is 17.0 Å². The van der Waals surface area contributed by atoms with Gasteiger partial charge in [-0.1, -0.05) is 5.16 Å². The maximum absolute atomic E-state index is 13.7. The maximum Gasteiger partial charge on any atom is 0.222 e. The van der Waals surface area contributed by atoms with Crippen LogP contribution in [0, 0.1) is 5.82 Å². The second-order valence-electron chi connectivity index (χ2n) is 3.05. The van der Waals surface area contributed by atoms with Crippen LogP contribution in [0.15, 0.2) is 27.2 Å². The Bertz CT molecular complexity index is 528. The molecule has 0 aliphatic rings. The molecule has 0 saturated heterocycles. The lowest BCUT2D eigenvalue weighted by Gasteiger charge is -2.08. The van der Waals surface area contributed by atoms with Gasteiger partial charge in [0.1, 0.15) is 17.3 Å². The SMILES string of the molecule is COc1c(Br)ccc(F)c1-c1cc(N)on1. The third-order valence-electron chi connectivity index (χ3n) is 2.05. The molecule has 0 amide bonds. The van der Waals surface area contributed by atoms with Crippen molar-refractivity contribution in [2.24, 2.45) is 0 Å². The number of hydrogen-bond acceptors (Lipinski definition) is 4. The number of aromatic nitrogens is 1. The van der Waals surface area contributed by atoms with Crippen LogP contribution in [-0.4, -0.2) is 12.3 Å². The van der Waals surface area contributed by atoms with Gasteiger partial charge in [0.25, 0.3) is 0 Å². The van der Waals surface area contributed by atoms with E-state index in [1.54, 1.807) is 6.07 Å². The van der Waals surface area contributed by atoms with Crippen LogP contribution in [0.2, 0.25) is 0 Å². The predicted octanol–water partition coefficient (Wildman–Crippen LogP) is 2.83. The molecular formula is C10H8BrFN2O2. The molecule has 1 aromatic carbocycles. The van der Waals surface area contributed by atoms with E-state index < -0.39 is 5.82 Å². The quantitative estimate of drug-likeness (QED) is 0.922. The summed E-state index contributed by atoms with van der Waals surface area (Å²) >= 11 is 3.26. The number of hydrogen-bond donors (Lipinski definition) is 1. The number of anilines is 1. The summed E-state index contributed by atoms with van der Waals surface area (Å²) in [5.41, 5.74) is 5.91. The van der Waals surface area contributed by atoms with Gasteiger partial charge in [-0.25, -0.2) is 4.39 Å². The van der Waals surface area contributed by atoms with Crippen LogP contribution in [0.4, 0.5) is 10.3 Å². The minimum absolute atomic E-state index is 0.122. The molecule has 0 spiro atoms. The van der Waals surface area contributed by atoms with E-state index in [-0.39, 0.29) is 11.4 Å². The smallest absolute Gasteiger partial charge is 0.222 e. The van der Waals surface area contributed by atoms with Crippen molar-refractivity contribution < 1.29 is 13.7 Å². The first-order valence-electron chi connectivity index (χ1n) is 4.38. The van der Waals surface area contributed by atoms with Crippen LogP contribution in [0.5, 0.6) is 5.75 Å². The Hall–Kier alpha value is -1.56. The fourth-order valence-corrected chi connectivity index (χ4v) is 1.87. The number of ether oxygens (including phenoxy) is 1. The van der Waals surface area contributed by atoms with E-state index in [1.807, 2.05) is 0 Å². The van der Waals surface area contributed by atoms with E-state index >= 15 is 0 Å². The van der Waals surface area contributed by atoms with Crippen molar-refractivity contribution in [1.82, 2.24) is 5.16 Å². The minimum atomic E-state index is -0.451. The van der Waals surface area contributed by atoms with Gasteiger partial charge in [0.2, 0.25) is 5.88 Å². The topological polar surface area (TPSA) is 61.3 Å². The van der Waals surface area contributed by atoms with E-state index in [2.05, 4.69) is 21.1 Å². The van der Waals surface area contributed by atoms with Crippen molar-refractivity contribution in [1.29, 1.82) is 0 Å². The Morgan fingerprint density at radius 1 is 1.50 bits per heavy atom. The average molecular weight is 287 g/mol. The van der Waals surface area contributed by atoms with Crippen molar-refractivity contribution >= 4 is 21.8 Å². The Morgan fingerprint density at radius 2 is 2.25 bits per heavy atom. The second kappa shape index (κ2) is 4.13. The zero-order chi connectivity index (χ0) is 11.7. The number of nitrogen functional groups attached to an aromatic ring is 1. The van der Waals surface area contributed by atoms with Crippen LogP contribution in [0.25, 0.3) is 11.3 Å². The predicted molar refractivity (Wildman–Crippen MR) is 60.6 cm³/mol. The molecule has 0 aliphatic carbocycles. The van der Waals surface area contributed by atoms with Gasteiger partial charge in [-0.05, 0) is 28.1 Å². The first-order chi connectivity index (χ1) is 7.63. The summed E-state index contributed by atoms with van der Waals surface area (Å²) in [5.74, 6) is 0.0260. The van der Waals surface area contributed by atoms with Gasteiger partial charge in [0, 0.05) is 6.07 Å². The number of methoxy groups -OCH3 is 1. The molecule has 4 nitrogen and oxygen atoms in total. The van der Waals surface area contributed by atoms with Crippen LogP contribution < -0.4 is 10.5 Å². The summed E-state index contributed by atoms with van der Waals surface area (Å²) in [7, 11) is 1.45. The molecule has 2 rings (SSSR count). The van der Waals surface area contributed by atoms with Crippen LogP contribution in [-0.2, 0) is 0 Å². The van der Waals surface area contributed by atoms with E-state index in [9.17, 15) is 4.39 Å². The minimum Gasteiger partial charge on any atom is -0.495 e. The fraction of sp³-hybridized carbons (Fsp3) is 0.100. The molecule has 2 aromatic rings. The maximum atomic E-state index is 13.7.